The van der Waals surface area contributed by atoms with Gasteiger partial charge < -0.3 is 0 Å². The van der Waals surface area contributed by atoms with Crippen molar-refractivity contribution in [3.05, 3.63) is 37.0 Å². The standard InChI is InChI=1S/C6H10.C3H6.2C2H6/c1-4-5-6(2)3;1-3-2;2*1-2/h4-5H,2H2,1,3H3;3H,1H2,2H3;2*1-2H3/b5-4-;;;. The van der Waals surface area contributed by atoms with Gasteiger partial charge in [0.25, 0.3) is 0 Å². The van der Waals surface area contributed by atoms with E-state index in [4.69, 9.17) is 0 Å². The van der Waals surface area contributed by atoms with Crippen LogP contribution in [0, 0.1) is 0 Å². The van der Waals surface area contributed by atoms with E-state index in [1.54, 1.807) is 6.08 Å². The Morgan fingerprint density at radius 2 is 1.23 bits per heavy atom. The molecule has 0 heterocycles. The van der Waals surface area contributed by atoms with Crippen molar-refractivity contribution in [2.24, 2.45) is 0 Å². The quantitative estimate of drug-likeness (QED) is 0.379. The molecular formula is C13H28. The first kappa shape index (κ1) is 22.8. The first-order valence-corrected chi connectivity index (χ1v) is 5.04. The summed E-state index contributed by atoms with van der Waals surface area (Å²) in [5.41, 5.74) is 1.11. The monoisotopic (exact) mass is 184 g/mol. The lowest BCUT2D eigenvalue weighted by molar-refractivity contribution is 1.50. The van der Waals surface area contributed by atoms with Gasteiger partial charge in [0.15, 0.2) is 0 Å². The normalized spacial score (nSPS) is 6.38. The molecule has 0 rings (SSSR count). The highest BCUT2D eigenvalue weighted by molar-refractivity contribution is 5.09. The van der Waals surface area contributed by atoms with Crippen LogP contribution in [-0.4, -0.2) is 0 Å². The van der Waals surface area contributed by atoms with Crippen molar-refractivity contribution >= 4 is 0 Å². The minimum Gasteiger partial charge on any atom is -0.103 e. The third kappa shape index (κ3) is 194. The van der Waals surface area contributed by atoms with E-state index in [0.717, 1.165) is 5.57 Å². The zero-order valence-electron chi connectivity index (χ0n) is 10.6. The zero-order valence-corrected chi connectivity index (χ0v) is 10.6. The lowest BCUT2D eigenvalue weighted by Gasteiger charge is -1.75. The van der Waals surface area contributed by atoms with E-state index < -0.39 is 0 Å². The summed E-state index contributed by atoms with van der Waals surface area (Å²) in [6.07, 6.45) is 5.70. The second-order valence-corrected chi connectivity index (χ2v) is 1.75. The molecule has 0 bridgehead atoms. The van der Waals surface area contributed by atoms with E-state index in [1.807, 2.05) is 60.6 Å². The van der Waals surface area contributed by atoms with Crippen molar-refractivity contribution in [1.82, 2.24) is 0 Å². The largest absolute Gasteiger partial charge is 0.103 e. The highest BCUT2D eigenvalue weighted by Gasteiger charge is 1.63. The van der Waals surface area contributed by atoms with Crippen LogP contribution >= 0.6 is 0 Å². The Labute approximate surface area is 86.1 Å². The summed E-state index contributed by atoms with van der Waals surface area (Å²) in [6, 6.07) is 0. The molecule has 0 saturated heterocycles. The highest BCUT2D eigenvalue weighted by Crippen LogP contribution is 1.85. The van der Waals surface area contributed by atoms with Gasteiger partial charge in [0.1, 0.15) is 0 Å². The van der Waals surface area contributed by atoms with E-state index in [1.165, 1.54) is 0 Å². The van der Waals surface area contributed by atoms with Gasteiger partial charge in [-0.05, 0) is 20.8 Å². The molecule has 0 aliphatic rings. The molecule has 0 radical (unpaired) electrons. The average Bonchev–Trinajstić information content (AvgIpc) is 2.12. The molecule has 0 aromatic rings. The maximum absolute atomic E-state index is 3.66. The van der Waals surface area contributed by atoms with E-state index in [9.17, 15) is 0 Å². The average molecular weight is 184 g/mol. The number of rotatable bonds is 1. The van der Waals surface area contributed by atoms with Gasteiger partial charge in [-0.1, -0.05) is 58.1 Å². The fraction of sp³-hybridized carbons (Fsp3) is 0.538. The minimum absolute atomic E-state index is 1.11. The molecule has 0 N–H and O–H groups in total. The molecule has 0 aromatic carbocycles. The molecule has 0 aliphatic carbocycles. The van der Waals surface area contributed by atoms with Crippen LogP contribution in [0.2, 0.25) is 0 Å². The fourth-order valence-corrected chi connectivity index (χ4v) is 0.285. The minimum atomic E-state index is 1.11. The summed E-state index contributed by atoms with van der Waals surface area (Å²) in [4.78, 5) is 0. The number of allylic oxidation sites excluding steroid dienone is 4. The highest BCUT2D eigenvalue weighted by atomic mass is 13.7. The molecule has 0 fully saturated rings. The fourth-order valence-electron chi connectivity index (χ4n) is 0.285. The molecule has 0 atom stereocenters. The summed E-state index contributed by atoms with van der Waals surface area (Å²) in [6.45, 7) is 20.9. The van der Waals surface area contributed by atoms with Gasteiger partial charge >= 0.3 is 0 Å². The summed E-state index contributed by atoms with van der Waals surface area (Å²) in [7, 11) is 0. The van der Waals surface area contributed by atoms with Gasteiger partial charge in [-0.3, -0.25) is 0 Å². The van der Waals surface area contributed by atoms with E-state index in [0.29, 0.717) is 0 Å². The Morgan fingerprint density at radius 1 is 1.00 bits per heavy atom. The van der Waals surface area contributed by atoms with Crippen LogP contribution in [0.15, 0.2) is 37.0 Å². The molecule has 0 amide bonds. The Bertz CT molecular complexity index is 96.6. The van der Waals surface area contributed by atoms with Crippen molar-refractivity contribution in [3.63, 3.8) is 0 Å². The zero-order chi connectivity index (χ0) is 11.7. The Morgan fingerprint density at radius 3 is 1.23 bits per heavy atom. The second kappa shape index (κ2) is 43.0. The summed E-state index contributed by atoms with van der Waals surface area (Å²) in [5.74, 6) is 0. The first-order valence-electron chi connectivity index (χ1n) is 5.04. The molecule has 80 valence electrons. The van der Waals surface area contributed by atoms with Crippen LogP contribution in [0.4, 0.5) is 0 Å². The van der Waals surface area contributed by atoms with Crippen molar-refractivity contribution in [3.8, 4) is 0 Å². The van der Waals surface area contributed by atoms with Crippen LogP contribution in [0.3, 0.4) is 0 Å². The molecular weight excluding hydrogens is 156 g/mol. The molecule has 13 heavy (non-hydrogen) atoms. The number of hydrogen-bond acceptors (Lipinski definition) is 0. The van der Waals surface area contributed by atoms with E-state index >= 15 is 0 Å². The lowest BCUT2D eigenvalue weighted by Crippen LogP contribution is -1.54. The summed E-state index contributed by atoms with van der Waals surface area (Å²) < 4.78 is 0. The topological polar surface area (TPSA) is 0 Å². The van der Waals surface area contributed by atoms with Crippen molar-refractivity contribution in [1.29, 1.82) is 0 Å². The Hall–Kier alpha value is -0.780. The van der Waals surface area contributed by atoms with Gasteiger partial charge in [-0.15, -0.1) is 6.58 Å². The van der Waals surface area contributed by atoms with Crippen LogP contribution in [0.5, 0.6) is 0 Å². The van der Waals surface area contributed by atoms with Gasteiger partial charge in [-0.2, -0.15) is 0 Å². The summed E-state index contributed by atoms with van der Waals surface area (Å²) in [5, 5.41) is 0. The smallest absolute Gasteiger partial charge is 0.0404 e. The Balaban J connectivity index is -0.0000000493. The molecule has 0 aromatic heterocycles. The van der Waals surface area contributed by atoms with Gasteiger partial charge in [0.05, 0.1) is 0 Å². The molecule has 0 saturated carbocycles. The molecule has 0 unspecified atom stereocenters. The van der Waals surface area contributed by atoms with Crippen molar-refractivity contribution < 1.29 is 0 Å². The Kier molecular flexibility index (Phi) is 75.3. The van der Waals surface area contributed by atoms with Crippen molar-refractivity contribution in [2.75, 3.05) is 0 Å². The van der Waals surface area contributed by atoms with Crippen LogP contribution in [-0.2, 0) is 0 Å². The maximum atomic E-state index is 3.66. The molecule has 0 nitrogen and oxygen atoms in total. The second-order valence-electron chi connectivity index (χ2n) is 1.75. The lowest BCUT2D eigenvalue weighted by atomic mass is 10.3. The third-order valence-electron chi connectivity index (χ3n) is 0.451. The summed E-state index contributed by atoms with van der Waals surface area (Å²) >= 11 is 0. The predicted octanol–water partition coefficient (Wildman–Crippen LogP) is 5.38. The maximum Gasteiger partial charge on any atom is -0.0404 e. The van der Waals surface area contributed by atoms with Gasteiger partial charge in [0, 0.05) is 0 Å². The van der Waals surface area contributed by atoms with Crippen LogP contribution in [0.1, 0.15) is 48.5 Å². The molecule has 0 spiro atoms. The van der Waals surface area contributed by atoms with Crippen molar-refractivity contribution in [2.45, 2.75) is 48.5 Å². The van der Waals surface area contributed by atoms with Crippen LogP contribution < -0.4 is 0 Å². The number of hydrogen-bond donors (Lipinski definition) is 0. The van der Waals surface area contributed by atoms with Gasteiger partial charge in [0.2, 0.25) is 0 Å². The van der Waals surface area contributed by atoms with Gasteiger partial charge in [-0.25, -0.2) is 0 Å². The van der Waals surface area contributed by atoms with Crippen LogP contribution in [0.25, 0.3) is 0 Å². The third-order valence-corrected chi connectivity index (χ3v) is 0.451. The van der Waals surface area contributed by atoms with E-state index in [2.05, 4.69) is 13.2 Å². The van der Waals surface area contributed by atoms with E-state index in [-0.39, 0.29) is 0 Å². The predicted molar refractivity (Wildman–Crippen MR) is 68.2 cm³/mol. The molecule has 0 heteroatoms. The molecule has 0 aliphatic heterocycles. The SMILES string of the molecule is C=C(C)/C=C\C.C=CC.CC.CC. The first-order chi connectivity index (χ1) is 6.18.